The predicted molar refractivity (Wildman–Crippen MR) is 73.7 cm³/mol. The molecule has 1 aliphatic carbocycles. The zero-order chi connectivity index (χ0) is 12.6. The zero-order valence-corrected chi connectivity index (χ0v) is 11.6. The van der Waals surface area contributed by atoms with Crippen LogP contribution in [0.4, 0.5) is 0 Å². The van der Waals surface area contributed by atoms with Gasteiger partial charge in [-0.3, -0.25) is 4.90 Å². The summed E-state index contributed by atoms with van der Waals surface area (Å²) in [6, 6.07) is 0.811. The predicted octanol–water partition coefficient (Wildman–Crippen LogP) is 2.43. The molecule has 0 aromatic carbocycles. The Labute approximate surface area is 112 Å². The second-order valence-electron chi connectivity index (χ2n) is 5.91. The van der Waals surface area contributed by atoms with Gasteiger partial charge in [-0.15, -0.1) is 0 Å². The topological polar surface area (TPSA) is 32.7 Å². The number of nitrogens with zero attached hydrogens (tertiary/aromatic N) is 1. The molecule has 0 radical (unpaired) electrons. The number of likely N-dealkylation sites (tertiary alicyclic amines) is 1. The minimum absolute atomic E-state index is 0.144. The number of aliphatic hydroxyl groups excluding tert-OH is 1. The minimum atomic E-state index is 0.144. The van der Waals surface area contributed by atoms with Crippen molar-refractivity contribution in [2.24, 2.45) is 5.92 Å². The van der Waals surface area contributed by atoms with Crippen molar-refractivity contribution in [1.82, 2.24) is 4.90 Å². The van der Waals surface area contributed by atoms with Crippen LogP contribution in [0.15, 0.2) is 0 Å². The van der Waals surface area contributed by atoms with Crippen LogP contribution in [0, 0.1) is 5.92 Å². The van der Waals surface area contributed by atoms with Crippen LogP contribution in [-0.2, 0) is 4.74 Å². The quantitative estimate of drug-likeness (QED) is 0.709. The van der Waals surface area contributed by atoms with E-state index in [-0.39, 0.29) is 6.61 Å². The van der Waals surface area contributed by atoms with Crippen molar-refractivity contribution in [1.29, 1.82) is 0 Å². The monoisotopic (exact) mass is 255 g/mol. The summed E-state index contributed by atoms with van der Waals surface area (Å²) in [5.74, 6) is 0.989. The summed E-state index contributed by atoms with van der Waals surface area (Å²) in [5.41, 5.74) is 0. The Morgan fingerprint density at radius 2 is 1.83 bits per heavy atom. The van der Waals surface area contributed by atoms with E-state index in [2.05, 4.69) is 4.90 Å². The van der Waals surface area contributed by atoms with Gasteiger partial charge in [0.15, 0.2) is 0 Å². The summed E-state index contributed by atoms with van der Waals surface area (Å²) >= 11 is 0. The van der Waals surface area contributed by atoms with Gasteiger partial charge in [0, 0.05) is 12.6 Å². The molecule has 2 aliphatic rings. The summed E-state index contributed by atoms with van der Waals surface area (Å²) in [4.78, 5) is 2.62. The van der Waals surface area contributed by atoms with Crippen LogP contribution in [-0.4, -0.2) is 49.0 Å². The fourth-order valence-corrected chi connectivity index (χ4v) is 3.61. The molecular weight excluding hydrogens is 226 g/mol. The lowest BCUT2D eigenvalue weighted by Crippen LogP contribution is -2.34. The van der Waals surface area contributed by atoms with Gasteiger partial charge in [-0.2, -0.15) is 0 Å². The molecule has 1 saturated carbocycles. The number of hydrogen-bond donors (Lipinski definition) is 1. The molecule has 1 N–H and O–H groups in total. The summed E-state index contributed by atoms with van der Waals surface area (Å²) in [6.45, 7) is 3.71. The molecule has 0 aromatic heterocycles. The molecule has 1 atom stereocenters. The first-order valence-corrected chi connectivity index (χ1v) is 7.83. The normalized spacial score (nSPS) is 26.8. The van der Waals surface area contributed by atoms with Crippen LogP contribution in [0.3, 0.4) is 0 Å². The van der Waals surface area contributed by atoms with Gasteiger partial charge in [0.05, 0.1) is 19.8 Å². The number of aliphatic hydroxyl groups is 1. The van der Waals surface area contributed by atoms with Crippen molar-refractivity contribution in [2.45, 2.75) is 57.4 Å². The lowest BCUT2D eigenvalue weighted by molar-refractivity contribution is 0.0677. The summed E-state index contributed by atoms with van der Waals surface area (Å²) in [6.07, 6.45) is 11.5. The van der Waals surface area contributed by atoms with Crippen molar-refractivity contribution < 1.29 is 9.84 Å². The molecule has 1 heterocycles. The maximum Gasteiger partial charge on any atom is 0.0698 e. The Morgan fingerprint density at radius 1 is 1.00 bits per heavy atom. The lowest BCUT2D eigenvalue weighted by atomic mass is 9.84. The average molecular weight is 255 g/mol. The van der Waals surface area contributed by atoms with Gasteiger partial charge in [0.1, 0.15) is 0 Å². The highest BCUT2D eigenvalue weighted by Crippen LogP contribution is 2.31. The maximum atomic E-state index is 8.69. The van der Waals surface area contributed by atoms with E-state index in [1.165, 1.54) is 57.9 Å². The highest BCUT2D eigenvalue weighted by atomic mass is 16.5. The molecule has 106 valence electrons. The zero-order valence-electron chi connectivity index (χ0n) is 11.6. The third-order valence-corrected chi connectivity index (χ3v) is 4.59. The van der Waals surface area contributed by atoms with Crippen LogP contribution < -0.4 is 0 Å². The highest BCUT2D eigenvalue weighted by molar-refractivity contribution is 4.82. The SMILES string of the molecule is OCCOCCN1CCCC1CC1CCCCC1. The van der Waals surface area contributed by atoms with E-state index >= 15 is 0 Å². The molecule has 2 fully saturated rings. The first kappa shape index (κ1) is 14.3. The number of hydrogen-bond acceptors (Lipinski definition) is 3. The minimum Gasteiger partial charge on any atom is -0.394 e. The Morgan fingerprint density at radius 3 is 2.61 bits per heavy atom. The van der Waals surface area contributed by atoms with Gasteiger partial charge in [0.25, 0.3) is 0 Å². The third-order valence-electron chi connectivity index (χ3n) is 4.59. The van der Waals surface area contributed by atoms with E-state index in [1.807, 2.05) is 0 Å². The standard InChI is InChI=1S/C15H29NO2/c17-10-12-18-11-9-16-8-4-7-15(16)13-14-5-2-1-3-6-14/h14-15,17H,1-13H2. The van der Waals surface area contributed by atoms with Crippen LogP contribution in [0.1, 0.15) is 51.4 Å². The molecule has 0 spiro atoms. The summed E-state index contributed by atoms with van der Waals surface area (Å²) in [5, 5.41) is 8.69. The first-order valence-electron chi connectivity index (χ1n) is 7.83. The van der Waals surface area contributed by atoms with Crippen LogP contribution in [0.2, 0.25) is 0 Å². The molecule has 2 rings (SSSR count). The molecular formula is C15H29NO2. The van der Waals surface area contributed by atoms with Crippen molar-refractivity contribution >= 4 is 0 Å². The van der Waals surface area contributed by atoms with Crippen LogP contribution in [0.25, 0.3) is 0 Å². The molecule has 18 heavy (non-hydrogen) atoms. The van der Waals surface area contributed by atoms with Crippen LogP contribution in [0.5, 0.6) is 0 Å². The fraction of sp³-hybridized carbons (Fsp3) is 1.00. The summed E-state index contributed by atoms with van der Waals surface area (Å²) in [7, 11) is 0. The van der Waals surface area contributed by atoms with E-state index in [9.17, 15) is 0 Å². The van der Waals surface area contributed by atoms with Crippen molar-refractivity contribution in [3.63, 3.8) is 0 Å². The molecule has 0 bridgehead atoms. The molecule has 0 aromatic rings. The van der Waals surface area contributed by atoms with Crippen molar-refractivity contribution in [2.75, 3.05) is 32.9 Å². The Balaban J connectivity index is 1.66. The first-order chi connectivity index (χ1) is 8.90. The molecule has 1 saturated heterocycles. The van der Waals surface area contributed by atoms with Crippen molar-refractivity contribution in [3.05, 3.63) is 0 Å². The van der Waals surface area contributed by atoms with Gasteiger partial charge >= 0.3 is 0 Å². The molecule has 1 aliphatic heterocycles. The number of ether oxygens (including phenoxy) is 1. The van der Waals surface area contributed by atoms with E-state index in [1.54, 1.807) is 0 Å². The van der Waals surface area contributed by atoms with E-state index in [0.29, 0.717) is 6.61 Å². The fourth-order valence-electron chi connectivity index (χ4n) is 3.61. The molecule has 3 nitrogen and oxygen atoms in total. The molecule has 1 unspecified atom stereocenters. The van der Waals surface area contributed by atoms with Gasteiger partial charge < -0.3 is 9.84 Å². The maximum absolute atomic E-state index is 8.69. The molecule has 0 amide bonds. The van der Waals surface area contributed by atoms with Gasteiger partial charge in [0.2, 0.25) is 0 Å². The highest BCUT2D eigenvalue weighted by Gasteiger charge is 2.27. The van der Waals surface area contributed by atoms with E-state index in [4.69, 9.17) is 9.84 Å². The Hall–Kier alpha value is -0.120. The Bertz CT molecular complexity index is 217. The summed E-state index contributed by atoms with van der Waals surface area (Å²) < 4.78 is 5.39. The van der Waals surface area contributed by atoms with Gasteiger partial charge in [-0.05, 0) is 31.7 Å². The molecule has 3 heteroatoms. The van der Waals surface area contributed by atoms with Gasteiger partial charge in [-0.1, -0.05) is 32.1 Å². The largest absolute Gasteiger partial charge is 0.394 e. The average Bonchev–Trinajstić information content (AvgIpc) is 2.83. The smallest absolute Gasteiger partial charge is 0.0698 e. The lowest BCUT2D eigenvalue weighted by Gasteiger charge is -2.30. The number of rotatable bonds is 7. The van der Waals surface area contributed by atoms with E-state index < -0.39 is 0 Å². The second kappa shape index (κ2) is 8.13. The Kier molecular flexibility index (Phi) is 6.46. The van der Waals surface area contributed by atoms with Crippen LogP contribution >= 0.6 is 0 Å². The third kappa shape index (κ3) is 4.52. The van der Waals surface area contributed by atoms with Crippen molar-refractivity contribution in [3.8, 4) is 0 Å². The second-order valence-corrected chi connectivity index (χ2v) is 5.91. The van der Waals surface area contributed by atoms with Gasteiger partial charge in [-0.25, -0.2) is 0 Å². The van der Waals surface area contributed by atoms with E-state index in [0.717, 1.165) is 25.1 Å².